The van der Waals surface area contributed by atoms with Crippen LogP contribution in [0.3, 0.4) is 0 Å². The number of amides is 1. The second-order valence-corrected chi connectivity index (χ2v) is 8.69. The summed E-state index contributed by atoms with van der Waals surface area (Å²) in [5.74, 6) is 1.04. The lowest BCUT2D eigenvalue weighted by molar-refractivity contribution is -0.114. The van der Waals surface area contributed by atoms with Crippen LogP contribution in [0.2, 0.25) is 5.02 Å². The summed E-state index contributed by atoms with van der Waals surface area (Å²) in [7, 11) is 1.60. The molecule has 1 aliphatic heterocycles. The van der Waals surface area contributed by atoms with Gasteiger partial charge < -0.3 is 9.47 Å². The van der Waals surface area contributed by atoms with Crippen molar-refractivity contribution < 1.29 is 14.3 Å². The first-order chi connectivity index (χ1) is 15.5. The molecular formula is C25H20ClIN2O3. The highest BCUT2D eigenvalue weighted by Crippen LogP contribution is 2.36. The summed E-state index contributed by atoms with van der Waals surface area (Å²) in [6.07, 6.45) is 1.81. The highest BCUT2D eigenvalue weighted by Gasteiger charge is 2.30. The lowest BCUT2D eigenvalue weighted by Gasteiger charge is -2.14. The molecule has 32 heavy (non-hydrogen) atoms. The molecule has 0 saturated heterocycles. The third kappa shape index (κ3) is 4.66. The Kier molecular flexibility index (Phi) is 6.81. The van der Waals surface area contributed by atoms with Crippen LogP contribution in [0, 0.1) is 3.57 Å². The van der Waals surface area contributed by atoms with E-state index in [0.717, 1.165) is 14.7 Å². The number of anilines is 1. The number of para-hydroxylation sites is 1. The molecule has 3 aromatic carbocycles. The average molecular weight is 559 g/mol. The molecule has 0 aromatic heterocycles. The summed E-state index contributed by atoms with van der Waals surface area (Å²) < 4.78 is 12.5. The third-order valence-electron chi connectivity index (χ3n) is 4.93. The summed E-state index contributed by atoms with van der Waals surface area (Å²) in [5, 5.41) is 6.22. The van der Waals surface area contributed by atoms with Crippen LogP contribution >= 0.6 is 34.2 Å². The molecule has 0 spiro atoms. The Morgan fingerprint density at radius 1 is 1.09 bits per heavy atom. The van der Waals surface area contributed by atoms with Crippen LogP contribution < -0.4 is 14.5 Å². The van der Waals surface area contributed by atoms with E-state index in [1.165, 1.54) is 5.01 Å². The SMILES string of the molecule is COc1cc(/C=C2/C(=O)N(c3ccccc3Cl)N=C2C)cc(I)c1OCc1ccccc1. The van der Waals surface area contributed by atoms with Crippen molar-refractivity contribution in [3.8, 4) is 11.5 Å². The molecule has 0 atom stereocenters. The number of benzene rings is 3. The third-order valence-corrected chi connectivity index (χ3v) is 6.05. The van der Waals surface area contributed by atoms with Crippen molar-refractivity contribution in [1.82, 2.24) is 0 Å². The molecule has 0 bridgehead atoms. The highest BCUT2D eigenvalue weighted by molar-refractivity contribution is 14.1. The fraction of sp³-hybridized carbons (Fsp3) is 0.120. The summed E-state index contributed by atoms with van der Waals surface area (Å²) in [4.78, 5) is 13.1. The van der Waals surface area contributed by atoms with Crippen molar-refractivity contribution in [1.29, 1.82) is 0 Å². The second-order valence-electron chi connectivity index (χ2n) is 7.12. The average Bonchev–Trinajstić information content (AvgIpc) is 3.07. The number of hydrogen-bond acceptors (Lipinski definition) is 4. The number of nitrogens with zero attached hydrogens (tertiary/aromatic N) is 2. The summed E-state index contributed by atoms with van der Waals surface area (Å²) >= 11 is 8.48. The van der Waals surface area contributed by atoms with Gasteiger partial charge in [0.15, 0.2) is 11.5 Å². The van der Waals surface area contributed by atoms with Gasteiger partial charge in [-0.1, -0.05) is 54.1 Å². The van der Waals surface area contributed by atoms with Gasteiger partial charge in [0.2, 0.25) is 0 Å². The maximum absolute atomic E-state index is 13.1. The molecule has 0 radical (unpaired) electrons. The van der Waals surface area contributed by atoms with Gasteiger partial charge in [0.05, 0.1) is 32.7 Å². The Morgan fingerprint density at radius 3 is 2.53 bits per heavy atom. The first-order valence-electron chi connectivity index (χ1n) is 9.88. The number of carbonyl (C=O) groups excluding carboxylic acids is 1. The van der Waals surface area contributed by atoms with E-state index in [0.29, 0.717) is 40.1 Å². The molecule has 0 unspecified atom stereocenters. The summed E-state index contributed by atoms with van der Waals surface area (Å²) in [5.41, 5.74) is 3.56. The quantitative estimate of drug-likeness (QED) is 0.262. The maximum atomic E-state index is 13.1. The zero-order valence-electron chi connectivity index (χ0n) is 17.5. The van der Waals surface area contributed by atoms with Crippen molar-refractivity contribution in [2.24, 2.45) is 5.10 Å². The Bertz CT molecular complexity index is 1230. The Morgan fingerprint density at radius 2 is 1.81 bits per heavy atom. The molecule has 0 saturated carbocycles. The van der Waals surface area contributed by atoms with Gasteiger partial charge in [-0.15, -0.1) is 0 Å². The Hall–Kier alpha value is -2.84. The number of halogens is 2. The number of hydrogen-bond donors (Lipinski definition) is 0. The number of rotatable bonds is 6. The van der Waals surface area contributed by atoms with Crippen LogP contribution in [0.15, 0.2) is 77.4 Å². The minimum absolute atomic E-state index is 0.228. The molecular weight excluding hydrogens is 539 g/mol. The van der Waals surface area contributed by atoms with Crippen LogP contribution in [0.4, 0.5) is 5.69 Å². The van der Waals surface area contributed by atoms with Crippen molar-refractivity contribution in [3.63, 3.8) is 0 Å². The van der Waals surface area contributed by atoms with Crippen LogP contribution in [0.5, 0.6) is 11.5 Å². The molecule has 7 heteroatoms. The lowest BCUT2D eigenvalue weighted by atomic mass is 10.1. The van der Waals surface area contributed by atoms with Gasteiger partial charge >= 0.3 is 0 Å². The predicted molar refractivity (Wildman–Crippen MR) is 137 cm³/mol. The number of hydrazone groups is 1. The highest BCUT2D eigenvalue weighted by atomic mass is 127. The van der Waals surface area contributed by atoms with Gasteiger partial charge in [0, 0.05) is 0 Å². The number of ether oxygens (including phenoxy) is 2. The number of carbonyl (C=O) groups is 1. The zero-order valence-corrected chi connectivity index (χ0v) is 20.4. The molecule has 0 fully saturated rings. The van der Waals surface area contributed by atoms with E-state index in [1.54, 1.807) is 26.2 Å². The standard InChI is InChI=1S/C25H20ClIN2O3/c1-16-19(25(30)29(28-16)22-11-7-6-10-20(22)26)12-18-13-21(27)24(23(14-18)31-2)32-15-17-8-4-3-5-9-17/h3-14H,15H2,1-2H3/b19-12+. The molecule has 4 rings (SSSR count). The first-order valence-corrected chi connectivity index (χ1v) is 11.3. The minimum Gasteiger partial charge on any atom is -0.493 e. The van der Waals surface area contributed by atoms with E-state index in [4.69, 9.17) is 21.1 Å². The molecule has 1 aliphatic rings. The normalized spacial score (nSPS) is 14.6. The van der Waals surface area contributed by atoms with E-state index in [-0.39, 0.29) is 5.91 Å². The van der Waals surface area contributed by atoms with Crippen LogP contribution in [-0.2, 0) is 11.4 Å². The van der Waals surface area contributed by atoms with E-state index in [1.807, 2.05) is 60.7 Å². The van der Waals surface area contributed by atoms with Crippen molar-refractivity contribution in [2.75, 3.05) is 12.1 Å². The van der Waals surface area contributed by atoms with Gasteiger partial charge in [-0.25, -0.2) is 0 Å². The van der Waals surface area contributed by atoms with E-state index in [9.17, 15) is 4.79 Å². The van der Waals surface area contributed by atoms with Crippen molar-refractivity contribution >= 4 is 57.6 Å². The number of methoxy groups -OCH3 is 1. The molecule has 3 aromatic rings. The summed E-state index contributed by atoms with van der Waals surface area (Å²) in [6, 6.07) is 20.9. The van der Waals surface area contributed by atoms with Gasteiger partial charge in [-0.05, 0) is 71.0 Å². The lowest BCUT2D eigenvalue weighted by Crippen LogP contribution is -2.21. The maximum Gasteiger partial charge on any atom is 0.280 e. The van der Waals surface area contributed by atoms with Crippen LogP contribution in [-0.4, -0.2) is 18.7 Å². The Labute approximate surface area is 205 Å². The van der Waals surface area contributed by atoms with E-state index < -0.39 is 0 Å². The fourth-order valence-electron chi connectivity index (χ4n) is 3.33. The molecule has 0 aliphatic carbocycles. The van der Waals surface area contributed by atoms with Crippen molar-refractivity contribution in [2.45, 2.75) is 13.5 Å². The van der Waals surface area contributed by atoms with Gasteiger partial charge in [-0.2, -0.15) is 10.1 Å². The van der Waals surface area contributed by atoms with Crippen molar-refractivity contribution in [3.05, 3.63) is 92.0 Å². The monoisotopic (exact) mass is 558 g/mol. The van der Waals surface area contributed by atoms with Crippen LogP contribution in [0.25, 0.3) is 6.08 Å². The molecule has 5 nitrogen and oxygen atoms in total. The fourth-order valence-corrected chi connectivity index (χ4v) is 4.33. The predicted octanol–water partition coefficient (Wildman–Crippen LogP) is 6.34. The van der Waals surface area contributed by atoms with Crippen LogP contribution in [0.1, 0.15) is 18.1 Å². The van der Waals surface area contributed by atoms with E-state index >= 15 is 0 Å². The van der Waals surface area contributed by atoms with Gasteiger partial charge in [0.25, 0.3) is 5.91 Å². The smallest absolute Gasteiger partial charge is 0.280 e. The van der Waals surface area contributed by atoms with Gasteiger partial charge in [0.1, 0.15) is 6.61 Å². The second kappa shape index (κ2) is 9.75. The Balaban J connectivity index is 1.61. The minimum atomic E-state index is -0.228. The zero-order chi connectivity index (χ0) is 22.7. The van der Waals surface area contributed by atoms with E-state index in [2.05, 4.69) is 27.7 Å². The molecule has 162 valence electrons. The molecule has 1 heterocycles. The first kappa shape index (κ1) is 22.4. The topological polar surface area (TPSA) is 51.1 Å². The largest absolute Gasteiger partial charge is 0.493 e. The molecule has 0 N–H and O–H groups in total. The molecule has 1 amide bonds. The summed E-state index contributed by atoms with van der Waals surface area (Å²) in [6.45, 7) is 2.24. The van der Waals surface area contributed by atoms with Gasteiger partial charge in [-0.3, -0.25) is 4.79 Å².